The van der Waals surface area contributed by atoms with Gasteiger partial charge in [-0.2, -0.15) is 0 Å². The molecule has 3 heterocycles. The van der Waals surface area contributed by atoms with Crippen LogP contribution < -0.4 is 5.32 Å². The highest BCUT2D eigenvalue weighted by molar-refractivity contribution is 7.13. The third kappa shape index (κ3) is 4.34. The van der Waals surface area contributed by atoms with Gasteiger partial charge in [0.05, 0.1) is 4.88 Å². The number of aryl methyl sites for hydroxylation is 1. The van der Waals surface area contributed by atoms with E-state index in [4.69, 9.17) is 0 Å². The summed E-state index contributed by atoms with van der Waals surface area (Å²) in [6.45, 7) is 9.45. The highest BCUT2D eigenvalue weighted by atomic mass is 32.1. The number of nitrogens with zero attached hydrogens (tertiary/aromatic N) is 3. The van der Waals surface area contributed by atoms with Gasteiger partial charge in [0.1, 0.15) is 0 Å². The zero-order valence-electron chi connectivity index (χ0n) is 14.3. The first-order valence-corrected chi connectivity index (χ1v) is 9.52. The van der Waals surface area contributed by atoms with E-state index < -0.39 is 0 Å². The molecule has 0 aliphatic carbocycles. The van der Waals surface area contributed by atoms with Crippen LogP contribution in [0.25, 0.3) is 0 Å². The SMILES string of the molecule is Cc1ccc(C(=O)N2CCN(CCC(=O)N3CCNCC3)CC2)s1. The van der Waals surface area contributed by atoms with Crippen LogP contribution in [0, 0.1) is 6.92 Å². The minimum Gasteiger partial charge on any atom is -0.340 e. The van der Waals surface area contributed by atoms with Crippen molar-refractivity contribution in [1.29, 1.82) is 0 Å². The fourth-order valence-electron chi connectivity index (χ4n) is 3.21. The van der Waals surface area contributed by atoms with Gasteiger partial charge in [-0.1, -0.05) is 0 Å². The van der Waals surface area contributed by atoms with Gasteiger partial charge in [0.2, 0.25) is 5.91 Å². The number of hydrogen-bond donors (Lipinski definition) is 1. The van der Waals surface area contributed by atoms with Crippen LogP contribution in [0.5, 0.6) is 0 Å². The lowest BCUT2D eigenvalue weighted by Gasteiger charge is -2.35. The van der Waals surface area contributed by atoms with E-state index in [2.05, 4.69) is 10.2 Å². The molecule has 0 saturated carbocycles. The number of nitrogens with one attached hydrogen (secondary N) is 1. The second-order valence-electron chi connectivity index (χ2n) is 6.42. The number of rotatable bonds is 4. The standard InChI is InChI=1S/C17H26N4O2S/c1-14-2-3-15(24-14)17(23)21-12-10-19(11-13-21)7-4-16(22)20-8-5-18-6-9-20/h2-3,18H,4-13H2,1H3. The summed E-state index contributed by atoms with van der Waals surface area (Å²) in [4.78, 5) is 32.8. The summed E-state index contributed by atoms with van der Waals surface area (Å²) in [6, 6.07) is 3.91. The average Bonchev–Trinajstić information content (AvgIpc) is 3.06. The highest BCUT2D eigenvalue weighted by Crippen LogP contribution is 2.18. The number of thiophene rings is 1. The van der Waals surface area contributed by atoms with Crippen molar-refractivity contribution < 1.29 is 9.59 Å². The largest absolute Gasteiger partial charge is 0.340 e. The molecule has 24 heavy (non-hydrogen) atoms. The fraction of sp³-hybridized carbons (Fsp3) is 0.647. The van der Waals surface area contributed by atoms with Gasteiger partial charge in [-0.3, -0.25) is 14.5 Å². The molecule has 0 unspecified atom stereocenters. The molecular weight excluding hydrogens is 324 g/mol. The molecule has 2 amide bonds. The third-order valence-electron chi connectivity index (χ3n) is 4.72. The number of piperazine rings is 2. The van der Waals surface area contributed by atoms with Crippen molar-refractivity contribution in [3.8, 4) is 0 Å². The molecule has 1 aromatic rings. The first-order chi connectivity index (χ1) is 11.6. The van der Waals surface area contributed by atoms with Crippen LogP contribution >= 0.6 is 11.3 Å². The molecule has 0 spiro atoms. The Morgan fingerprint density at radius 2 is 1.75 bits per heavy atom. The number of carbonyl (C=O) groups excluding carboxylic acids is 2. The Bertz CT molecular complexity index is 575. The van der Waals surface area contributed by atoms with Crippen LogP contribution in [-0.4, -0.2) is 85.4 Å². The van der Waals surface area contributed by atoms with E-state index >= 15 is 0 Å². The lowest BCUT2D eigenvalue weighted by atomic mass is 10.2. The minimum absolute atomic E-state index is 0.143. The zero-order chi connectivity index (χ0) is 16.9. The summed E-state index contributed by atoms with van der Waals surface area (Å²) < 4.78 is 0. The summed E-state index contributed by atoms with van der Waals surface area (Å²) in [5.74, 6) is 0.397. The second-order valence-corrected chi connectivity index (χ2v) is 7.71. The molecule has 0 aromatic carbocycles. The van der Waals surface area contributed by atoms with E-state index in [1.54, 1.807) is 11.3 Å². The van der Waals surface area contributed by atoms with Crippen LogP contribution in [0.1, 0.15) is 21.0 Å². The van der Waals surface area contributed by atoms with Crippen molar-refractivity contribution in [2.45, 2.75) is 13.3 Å². The minimum atomic E-state index is 0.143. The van der Waals surface area contributed by atoms with Gasteiger partial charge in [-0.25, -0.2) is 0 Å². The molecule has 2 saturated heterocycles. The van der Waals surface area contributed by atoms with E-state index in [0.29, 0.717) is 6.42 Å². The quantitative estimate of drug-likeness (QED) is 0.866. The molecule has 1 aromatic heterocycles. The van der Waals surface area contributed by atoms with Crippen LogP contribution in [0.15, 0.2) is 12.1 Å². The van der Waals surface area contributed by atoms with E-state index in [1.165, 1.54) is 4.88 Å². The molecule has 6 nitrogen and oxygen atoms in total. The van der Waals surface area contributed by atoms with Crippen LogP contribution in [0.2, 0.25) is 0 Å². The second kappa shape index (κ2) is 8.09. The van der Waals surface area contributed by atoms with Crippen molar-refractivity contribution in [3.05, 3.63) is 21.9 Å². The van der Waals surface area contributed by atoms with Crippen LogP contribution in [-0.2, 0) is 4.79 Å². The Labute approximate surface area is 147 Å². The topological polar surface area (TPSA) is 55.9 Å². The lowest BCUT2D eigenvalue weighted by Crippen LogP contribution is -2.50. The number of amides is 2. The molecular formula is C17H26N4O2S. The lowest BCUT2D eigenvalue weighted by molar-refractivity contribution is -0.132. The first kappa shape index (κ1) is 17.4. The third-order valence-corrected chi connectivity index (χ3v) is 5.71. The van der Waals surface area contributed by atoms with Gasteiger partial charge in [-0.15, -0.1) is 11.3 Å². The molecule has 0 bridgehead atoms. The average molecular weight is 350 g/mol. The summed E-state index contributed by atoms with van der Waals surface area (Å²) >= 11 is 1.56. The van der Waals surface area contributed by atoms with Crippen LogP contribution in [0.4, 0.5) is 0 Å². The van der Waals surface area contributed by atoms with Gasteiger partial charge >= 0.3 is 0 Å². The summed E-state index contributed by atoms with van der Waals surface area (Å²) in [5, 5.41) is 3.26. The van der Waals surface area contributed by atoms with E-state index in [0.717, 1.165) is 63.8 Å². The maximum Gasteiger partial charge on any atom is 0.264 e. The molecule has 3 rings (SSSR count). The molecule has 2 aliphatic heterocycles. The fourth-order valence-corrected chi connectivity index (χ4v) is 4.04. The zero-order valence-corrected chi connectivity index (χ0v) is 15.1. The maximum atomic E-state index is 12.4. The van der Waals surface area contributed by atoms with E-state index in [-0.39, 0.29) is 11.8 Å². The van der Waals surface area contributed by atoms with Gasteiger partial charge < -0.3 is 15.1 Å². The van der Waals surface area contributed by atoms with E-state index in [1.807, 2.05) is 28.9 Å². The molecule has 132 valence electrons. The summed E-state index contributed by atoms with van der Waals surface area (Å²) in [6.07, 6.45) is 0.581. The summed E-state index contributed by atoms with van der Waals surface area (Å²) in [5.41, 5.74) is 0. The van der Waals surface area contributed by atoms with Gasteiger partial charge in [0.25, 0.3) is 5.91 Å². The molecule has 0 atom stereocenters. The predicted molar refractivity (Wildman–Crippen MR) is 95.5 cm³/mol. The van der Waals surface area contributed by atoms with Gasteiger partial charge in [0, 0.05) is 70.2 Å². The highest BCUT2D eigenvalue weighted by Gasteiger charge is 2.24. The van der Waals surface area contributed by atoms with Crippen molar-refractivity contribution in [1.82, 2.24) is 20.0 Å². The Morgan fingerprint density at radius 3 is 2.38 bits per heavy atom. The molecule has 2 aliphatic rings. The predicted octanol–water partition coefficient (Wildman–Crippen LogP) is 0.636. The van der Waals surface area contributed by atoms with Gasteiger partial charge in [-0.05, 0) is 19.1 Å². The van der Waals surface area contributed by atoms with E-state index in [9.17, 15) is 9.59 Å². The Balaban J connectivity index is 1.40. The van der Waals surface area contributed by atoms with Gasteiger partial charge in [0.15, 0.2) is 0 Å². The Morgan fingerprint density at radius 1 is 1.04 bits per heavy atom. The maximum absolute atomic E-state index is 12.4. The van der Waals surface area contributed by atoms with Crippen molar-refractivity contribution in [2.24, 2.45) is 0 Å². The number of hydrogen-bond acceptors (Lipinski definition) is 5. The van der Waals surface area contributed by atoms with Crippen LogP contribution in [0.3, 0.4) is 0 Å². The molecule has 0 radical (unpaired) electrons. The molecule has 2 fully saturated rings. The molecule has 7 heteroatoms. The van der Waals surface area contributed by atoms with Crippen molar-refractivity contribution in [2.75, 3.05) is 58.9 Å². The normalized spacial score (nSPS) is 19.5. The van der Waals surface area contributed by atoms with Crippen molar-refractivity contribution in [3.63, 3.8) is 0 Å². The first-order valence-electron chi connectivity index (χ1n) is 8.70. The molecule has 1 N–H and O–H groups in total. The Hall–Kier alpha value is -1.44. The Kier molecular flexibility index (Phi) is 5.86. The smallest absolute Gasteiger partial charge is 0.264 e. The summed E-state index contributed by atoms with van der Waals surface area (Å²) in [7, 11) is 0. The monoisotopic (exact) mass is 350 g/mol. The number of carbonyl (C=O) groups is 2. The van der Waals surface area contributed by atoms with Crippen molar-refractivity contribution >= 4 is 23.2 Å².